The highest BCUT2D eigenvalue weighted by atomic mass is 32.2. The molecule has 32 heavy (non-hydrogen) atoms. The van der Waals surface area contributed by atoms with Crippen LogP contribution >= 0.6 is 0 Å². The fourth-order valence-electron chi connectivity index (χ4n) is 4.38. The maximum Gasteiger partial charge on any atom is 0.293 e. The van der Waals surface area contributed by atoms with E-state index >= 15 is 0 Å². The molecule has 0 bridgehead atoms. The summed E-state index contributed by atoms with van der Waals surface area (Å²) in [5, 5.41) is 15.8. The number of piperazine rings is 1. The molecular weight excluding hydrogens is 434 g/mol. The van der Waals surface area contributed by atoms with Crippen molar-refractivity contribution in [3.63, 3.8) is 0 Å². The van der Waals surface area contributed by atoms with Gasteiger partial charge in [0.05, 0.1) is 15.5 Å². The molecule has 2 fully saturated rings. The quantitative estimate of drug-likeness (QED) is 0.475. The van der Waals surface area contributed by atoms with Crippen LogP contribution < -0.4 is 4.90 Å². The summed E-state index contributed by atoms with van der Waals surface area (Å²) in [4.78, 5) is 15.5. The van der Waals surface area contributed by atoms with Gasteiger partial charge in [0, 0.05) is 57.9 Å². The number of sulfonamides is 1. The van der Waals surface area contributed by atoms with Crippen LogP contribution in [-0.4, -0.2) is 67.0 Å². The van der Waals surface area contributed by atoms with Crippen molar-refractivity contribution in [3.8, 4) is 0 Å². The first-order chi connectivity index (χ1) is 15.3. The van der Waals surface area contributed by atoms with Crippen LogP contribution in [0.3, 0.4) is 0 Å². The highest BCUT2D eigenvalue weighted by molar-refractivity contribution is 7.89. The number of nitrogens with zero attached hydrogens (tertiary/aromatic N) is 5. The normalized spacial score (nSPS) is 19.1. The fraction of sp³-hybridized carbons (Fsp3) is 0.571. The summed E-state index contributed by atoms with van der Waals surface area (Å²) in [5.41, 5.74) is 1.16. The Labute approximate surface area is 188 Å². The standard InChI is InChI=1S/C21H29N5O5S/c1-17-14-18(22-31-17)16-23-10-12-24(13-11-23)20-7-6-19(15-21(20)26(27)28)32(29,30)25-8-4-2-3-5-9-25/h6-7,14-15H,2-5,8-13,16H2,1H3. The molecule has 174 valence electrons. The van der Waals surface area contributed by atoms with Crippen molar-refractivity contribution < 1.29 is 17.9 Å². The van der Waals surface area contributed by atoms with E-state index < -0.39 is 14.9 Å². The highest BCUT2D eigenvalue weighted by Crippen LogP contribution is 2.33. The molecule has 3 heterocycles. The van der Waals surface area contributed by atoms with Crippen LogP contribution in [0.15, 0.2) is 33.7 Å². The lowest BCUT2D eigenvalue weighted by molar-refractivity contribution is -0.384. The first kappa shape index (κ1) is 22.7. The van der Waals surface area contributed by atoms with Gasteiger partial charge >= 0.3 is 0 Å². The summed E-state index contributed by atoms with van der Waals surface area (Å²) >= 11 is 0. The van der Waals surface area contributed by atoms with Gasteiger partial charge in [-0.25, -0.2) is 8.42 Å². The molecule has 2 aliphatic rings. The molecule has 0 N–H and O–H groups in total. The molecule has 1 aromatic heterocycles. The highest BCUT2D eigenvalue weighted by Gasteiger charge is 2.30. The lowest BCUT2D eigenvalue weighted by atomic mass is 10.2. The predicted molar refractivity (Wildman–Crippen MR) is 119 cm³/mol. The van der Waals surface area contributed by atoms with E-state index in [1.807, 2.05) is 17.9 Å². The van der Waals surface area contributed by atoms with E-state index in [0.29, 0.717) is 38.4 Å². The van der Waals surface area contributed by atoms with E-state index in [1.54, 1.807) is 6.07 Å². The van der Waals surface area contributed by atoms with Gasteiger partial charge in [-0.1, -0.05) is 18.0 Å². The number of anilines is 1. The summed E-state index contributed by atoms with van der Waals surface area (Å²) in [7, 11) is -3.74. The minimum atomic E-state index is -3.74. The van der Waals surface area contributed by atoms with Crippen LogP contribution in [0, 0.1) is 17.0 Å². The first-order valence-corrected chi connectivity index (χ1v) is 12.5. The van der Waals surface area contributed by atoms with Crippen LogP contribution in [0.25, 0.3) is 0 Å². The molecule has 2 saturated heterocycles. The van der Waals surface area contributed by atoms with Gasteiger partial charge in [0.25, 0.3) is 5.69 Å². The Kier molecular flexibility index (Phi) is 6.77. The number of hydrogen-bond donors (Lipinski definition) is 0. The Morgan fingerprint density at radius 1 is 1.03 bits per heavy atom. The maximum absolute atomic E-state index is 13.1. The van der Waals surface area contributed by atoms with Crippen molar-refractivity contribution in [2.45, 2.75) is 44.0 Å². The summed E-state index contributed by atoms with van der Waals surface area (Å²) in [6.07, 6.45) is 3.65. The van der Waals surface area contributed by atoms with E-state index in [-0.39, 0.29) is 10.6 Å². The third-order valence-electron chi connectivity index (χ3n) is 6.12. The second-order valence-corrected chi connectivity index (χ2v) is 10.4. The number of rotatable bonds is 6. The van der Waals surface area contributed by atoms with Crippen molar-refractivity contribution in [3.05, 3.63) is 45.8 Å². The van der Waals surface area contributed by atoms with Gasteiger partial charge in [-0.05, 0) is 31.9 Å². The minimum Gasteiger partial charge on any atom is -0.363 e. The molecule has 2 aromatic rings. The zero-order chi connectivity index (χ0) is 22.7. The zero-order valence-electron chi connectivity index (χ0n) is 18.3. The lowest BCUT2D eigenvalue weighted by Gasteiger charge is -2.35. The van der Waals surface area contributed by atoms with Crippen LogP contribution in [0.5, 0.6) is 0 Å². The Morgan fingerprint density at radius 3 is 2.31 bits per heavy atom. The minimum absolute atomic E-state index is 0.00473. The lowest BCUT2D eigenvalue weighted by Crippen LogP contribution is -2.46. The fourth-order valence-corrected chi connectivity index (χ4v) is 5.91. The second-order valence-electron chi connectivity index (χ2n) is 8.42. The van der Waals surface area contributed by atoms with Crippen molar-refractivity contribution in [2.24, 2.45) is 0 Å². The third-order valence-corrected chi connectivity index (χ3v) is 8.02. The molecule has 0 unspecified atom stereocenters. The average molecular weight is 464 g/mol. The smallest absolute Gasteiger partial charge is 0.293 e. The molecular formula is C21H29N5O5S. The molecule has 0 radical (unpaired) electrons. The number of nitro groups is 1. The number of aromatic nitrogens is 1. The molecule has 4 rings (SSSR count). The Hall–Kier alpha value is -2.50. The Morgan fingerprint density at radius 2 is 1.72 bits per heavy atom. The van der Waals surface area contributed by atoms with Gasteiger partial charge in [-0.3, -0.25) is 15.0 Å². The van der Waals surface area contributed by atoms with Gasteiger partial charge < -0.3 is 9.42 Å². The maximum atomic E-state index is 13.1. The van der Waals surface area contributed by atoms with E-state index in [4.69, 9.17) is 4.52 Å². The monoisotopic (exact) mass is 463 g/mol. The van der Waals surface area contributed by atoms with Crippen LogP contribution in [0.4, 0.5) is 11.4 Å². The van der Waals surface area contributed by atoms with Crippen molar-refractivity contribution in [2.75, 3.05) is 44.2 Å². The SMILES string of the molecule is Cc1cc(CN2CCN(c3ccc(S(=O)(=O)N4CCCCCC4)cc3[N+](=O)[O-])CC2)no1. The van der Waals surface area contributed by atoms with Crippen LogP contribution in [0.2, 0.25) is 0 Å². The molecule has 0 saturated carbocycles. The summed E-state index contributed by atoms with van der Waals surface area (Å²) in [6.45, 7) is 6.10. The van der Waals surface area contributed by atoms with E-state index in [1.165, 1.54) is 16.4 Å². The molecule has 10 nitrogen and oxygen atoms in total. The van der Waals surface area contributed by atoms with Gasteiger partial charge in [0.1, 0.15) is 11.4 Å². The number of benzene rings is 1. The van der Waals surface area contributed by atoms with Crippen molar-refractivity contribution in [1.82, 2.24) is 14.4 Å². The zero-order valence-corrected chi connectivity index (χ0v) is 19.1. The van der Waals surface area contributed by atoms with Gasteiger partial charge in [-0.15, -0.1) is 0 Å². The van der Waals surface area contributed by atoms with E-state index in [9.17, 15) is 18.5 Å². The Balaban J connectivity index is 1.49. The molecule has 11 heteroatoms. The molecule has 1 aromatic carbocycles. The van der Waals surface area contributed by atoms with E-state index in [0.717, 1.165) is 50.2 Å². The summed E-state index contributed by atoms with van der Waals surface area (Å²) < 4.78 is 32.8. The topological polar surface area (TPSA) is 113 Å². The van der Waals surface area contributed by atoms with Gasteiger partial charge in [-0.2, -0.15) is 4.31 Å². The number of hydrogen-bond acceptors (Lipinski definition) is 8. The van der Waals surface area contributed by atoms with Crippen molar-refractivity contribution >= 4 is 21.4 Å². The third kappa shape index (κ3) is 4.94. The number of aryl methyl sites for hydroxylation is 1. The molecule has 0 spiro atoms. The van der Waals surface area contributed by atoms with E-state index in [2.05, 4.69) is 10.1 Å². The summed E-state index contributed by atoms with van der Waals surface area (Å²) in [6, 6.07) is 6.22. The number of nitro benzene ring substituents is 1. The van der Waals surface area contributed by atoms with Gasteiger partial charge in [0.2, 0.25) is 10.0 Å². The first-order valence-electron chi connectivity index (χ1n) is 11.0. The van der Waals surface area contributed by atoms with Crippen LogP contribution in [0.1, 0.15) is 37.1 Å². The van der Waals surface area contributed by atoms with Crippen molar-refractivity contribution in [1.29, 1.82) is 0 Å². The molecule has 0 aliphatic carbocycles. The van der Waals surface area contributed by atoms with Gasteiger partial charge in [0.15, 0.2) is 0 Å². The average Bonchev–Trinajstić information content (AvgIpc) is 3.01. The second kappa shape index (κ2) is 9.55. The Bertz CT molecular complexity index is 1050. The predicted octanol–water partition coefficient (Wildman–Crippen LogP) is 2.78. The molecule has 0 amide bonds. The molecule has 2 aliphatic heterocycles. The summed E-state index contributed by atoms with van der Waals surface area (Å²) in [5.74, 6) is 0.768. The molecule has 0 atom stereocenters. The largest absolute Gasteiger partial charge is 0.363 e. The van der Waals surface area contributed by atoms with Crippen LogP contribution in [-0.2, 0) is 16.6 Å².